The number of rotatable bonds is 6. The zero-order valence-corrected chi connectivity index (χ0v) is 18.9. The molecule has 1 amide bonds. The van der Waals surface area contributed by atoms with Crippen molar-refractivity contribution in [1.29, 1.82) is 0 Å². The number of aromatic nitrogens is 3. The first-order valence-corrected chi connectivity index (χ1v) is 11.9. The number of carbonyl (C=O) groups excluding carboxylic acids is 1. The zero-order valence-electron chi connectivity index (χ0n) is 18.9. The molecular weight excluding hydrogens is 400 g/mol. The summed E-state index contributed by atoms with van der Waals surface area (Å²) >= 11 is 0. The van der Waals surface area contributed by atoms with Gasteiger partial charge >= 0.3 is 0 Å². The van der Waals surface area contributed by atoms with Gasteiger partial charge in [-0.25, -0.2) is 9.97 Å². The third-order valence-corrected chi connectivity index (χ3v) is 6.77. The minimum absolute atomic E-state index is 0.0106. The maximum Gasteiger partial charge on any atom is 0.255 e. The van der Waals surface area contributed by atoms with Crippen LogP contribution in [0.1, 0.15) is 41.4 Å². The molecule has 0 radical (unpaired) electrons. The number of nitrogens with zero attached hydrogens (tertiary/aromatic N) is 5. The van der Waals surface area contributed by atoms with Gasteiger partial charge in [0, 0.05) is 51.5 Å². The molecule has 32 heavy (non-hydrogen) atoms. The molecular formula is C25H32N6O. The summed E-state index contributed by atoms with van der Waals surface area (Å²) in [6.45, 7) is 8.52. The predicted molar refractivity (Wildman–Crippen MR) is 127 cm³/mol. The SMILES string of the molecule is CCNC(=O)c1c2n(c3c(N4CCN(CCc5ccccc5)CC4)ncnc13)CCCC2. The van der Waals surface area contributed by atoms with Crippen LogP contribution in [-0.2, 0) is 19.4 Å². The Morgan fingerprint density at radius 2 is 1.84 bits per heavy atom. The van der Waals surface area contributed by atoms with Crippen LogP contribution in [-0.4, -0.2) is 64.6 Å². The van der Waals surface area contributed by atoms with Gasteiger partial charge in [-0.15, -0.1) is 0 Å². The van der Waals surface area contributed by atoms with Crippen molar-refractivity contribution >= 4 is 22.8 Å². The summed E-state index contributed by atoms with van der Waals surface area (Å²) in [6, 6.07) is 10.7. The van der Waals surface area contributed by atoms with Crippen molar-refractivity contribution < 1.29 is 4.79 Å². The van der Waals surface area contributed by atoms with Gasteiger partial charge in [-0.2, -0.15) is 0 Å². The second-order valence-corrected chi connectivity index (χ2v) is 8.75. The van der Waals surface area contributed by atoms with Crippen LogP contribution >= 0.6 is 0 Å². The first-order valence-electron chi connectivity index (χ1n) is 11.9. The van der Waals surface area contributed by atoms with E-state index in [1.165, 1.54) is 5.56 Å². The van der Waals surface area contributed by atoms with Crippen LogP contribution in [0.3, 0.4) is 0 Å². The van der Waals surface area contributed by atoms with E-state index in [0.717, 1.165) is 93.1 Å². The molecule has 7 heteroatoms. The molecule has 2 aliphatic heterocycles. The summed E-state index contributed by atoms with van der Waals surface area (Å²) < 4.78 is 2.32. The Balaban J connectivity index is 1.38. The molecule has 1 N–H and O–H groups in total. The third kappa shape index (κ3) is 3.97. The number of hydrogen-bond donors (Lipinski definition) is 1. The van der Waals surface area contributed by atoms with Crippen molar-refractivity contribution in [2.45, 2.75) is 39.2 Å². The van der Waals surface area contributed by atoms with Crippen molar-refractivity contribution in [1.82, 2.24) is 24.8 Å². The van der Waals surface area contributed by atoms with E-state index in [4.69, 9.17) is 4.98 Å². The van der Waals surface area contributed by atoms with Gasteiger partial charge in [0.15, 0.2) is 5.82 Å². The van der Waals surface area contributed by atoms with Gasteiger partial charge < -0.3 is 14.8 Å². The molecule has 3 aromatic rings. The molecule has 5 rings (SSSR count). The standard InChI is InChI=1S/C25H32N6O/c1-2-26-25(32)21-20-10-6-7-12-31(20)23-22(21)27-18-28-24(23)30-16-14-29(15-17-30)13-11-19-8-4-3-5-9-19/h3-5,8-9,18H,2,6-7,10-17H2,1H3,(H,26,32). The lowest BCUT2D eigenvalue weighted by molar-refractivity contribution is 0.0955. The van der Waals surface area contributed by atoms with E-state index in [1.54, 1.807) is 6.33 Å². The largest absolute Gasteiger partial charge is 0.352 e. The van der Waals surface area contributed by atoms with Crippen LogP contribution in [0.2, 0.25) is 0 Å². The minimum Gasteiger partial charge on any atom is -0.352 e. The lowest BCUT2D eigenvalue weighted by Gasteiger charge is -2.35. The summed E-state index contributed by atoms with van der Waals surface area (Å²) in [5.41, 5.74) is 5.13. The third-order valence-electron chi connectivity index (χ3n) is 6.77. The molecule has 0 bridgehead atoms. The Hall–Kier alpha value is -2.93. The number of hydrogen-bond acceptors (Lipinski definition) is 5. The Morgan fingerprint density at radius 3 is 2.62 bits per heavy atom. The smallest absolute Gasteiger partial charge is 0.255 e. The Kier molecular flexibility index (Phi) is 6.08. The van der Waals surface area contributed by atoms with Crippen LogP contribution in [0.25, 0.3) is 11.0 Å². The van der Waals surface area contributed by atoms with E-state index in [2.05, 4.69) is 55.0 Å². The summed E-state index contributed by atoms with van der Waals surface area (Å²) in [7, 11) is 0. The molecule has 0 unspecified atom stereocenters. The fourth-order valence-electron chi connectivity index (χ4n) is 5.11. The fraction of sp³-hybridized carbons (Fsp3) is 0.480. The van der Waals surface area contributed by atoms with E-state index in [1.807, 2.05) is 6.92 Å². The van der Waals surface area contributed by atoms with Crippen molar-refractivity contribution in [2.75, 3.05) is 44.2 Å². The van der Waals surface area contributed by atoms with Crippen molar-refractivity contribution in [3.63, 3.8) is 0 Å². The molecule has 0 atom stereocenters. The number of anilines is 1. The molecule has 168 valence electrons. The van der Waals surface area contributed by atoms with E-state index in [0.29, 0.717) is 6.54 Å². The number of amides is 1. The van der Waals surface area contributed by atoms with Gasteiger partial charge in [-0.05, 0) is 38.2 Å². The first kappa shape index (κ1) is 20.9. The number of aryl methyl sites for hydroxylation is 1. The quantitative estimate of drug-likeness (QED) is 0.649. The molecule has 1 saturated heterocycles. The number of carbonyl (C=O) groups is 1. The summed E-state index contributed by atoms with van der Waals surface area (Å²) in [4.78, 5) is 27.1. The normalized spacial score (nSPS) is 16.8. The maximum absolute atomic E-state index is 12.9. The first-order chi connectivity index (χ1) is 15.8. The topological polar surface area (TPSA) is 66.3 Å². The van der Waals surface area contributed by atoms with Gasteiger partial charge in [0.1, 0.15) is 17.4 Å². The van der Waals surface area contributed by atoms with Crippen LogP contribution in [0, 0.1) is 0 Å². The van der Waals surface area contributed by atoms with Crippen molar-refractivity contribution in [3.8, 4) is 0 Å². The number of nitrogens with one attached hydrogen (secondary N) is 1. The second kappa shape index (κ2) is 9.28. The molecule has 1 aromatic carbocycles. The van der Waals surface area contributed by atoms with Gasteiger partial charge in [0.2, 0.25) is 0 Å². The van der Waals surface area contributed by atoms with Gasteiger partial charge in [-0.3, -0.25) is 9.69 Å². The highest BCUT2D eigenvalue weighted by molar-refractivity contribution is 6.09. The molecule has 1 fully saturated rings. The number of benzene rings is 1. The van der Waals surface area contributed by atoms with E-state index in [-0.39, 0.29) is 5.91 Å². The highest BCUT2D eigenvalue weighted by atomic mass is 16.1. The highest BCUT2D eigenvalue weighted by Gasteiger charge is 2.29. The van der Waals surface area contributed by atoms with Crippen molar-refractivity contribution in [2.24, 2.45) is 0 Å². The summed E-state index contributed by atoms with van der Waals surface area (Å²) in [5, 5.41) is 2.99. The zero-order chi connectivity index (χ0) is 21.9. The second-order valence-electron chi connectivity index (χ2n) is 8.75. The number of fused-ring (bicyclic) bond motifs is 3. The van der Waals surface area contributed by atoms with Gasteiger partial charge in [0.25, 0.3) is 5.91 Å². The lowest BCUT2D eigenvalue weighted by atomic mass is 10.1. The van der Waals surface area contributed by atoms with Crippen molar-refractivity contribution in [3.05, 3.63) is 53.5 Å². The van der Waals surface area contributed by atoms with Crippen LogP contribution in [0.4, 0.5) is 5.82 Å². The average molecular weight is 433 g/mol. The average Bonchev–Trinajstić information content (AvgIpc) is 3.19. The lowest BCUT2D eigenvalue weighted by Crippen LogP contribution is -2.47. The molecule has 0 saturated carbocycles. The van der Waals surface area contributed by atoms with Gasteiger partial charge in [-0.1, -0.05) is 30.3 Å². The fourth-order valence-corrected chi connectivity index (χ4v) is 5.11. The van der Waals surface area contributed by atoms with Crippen LogP contribution in [0.5, 0.6) is 0 Å². The molecule has 4 heterocycles. The van der Waals surface area contributed by atoms with Gasteiger partial charge in [0.05, 0.1) is 5.56 Å². The minimum atomic E-state index is -0.0106. The number of piperazine rings is 1. The monoisotopic (exact) mass is 432 g/mol. The summed E-state index contributed by atoms with van der Waals surface area (Å²) in [6.07, 6.45) is 5.89. The van der Waals surface area contributed by atoms with E-state index in [9.17, 15) is 4.79 Å². The molecule has 0 spiro atoms. The Bertz CT molecular complexity index is 1080. The van der Waals surface area contributed by atoms with E-state index < -0.39 is 0 Å². The molecule has 2 aromatic heterocycles. The highest BCUT2D eigenvalue weighted by Crippen LogP contribution is 2.34. The Labute approximate surface area is 189 Å². The Morgan fingerprint density at radius 1 is 1.03 bits per heavy atom. The maximum atomic E-state index is 12.9. The molecule has 0 aliphatic carbocycles. The summed E-state index contributed by atoms with van der Waals surface area (Å²) in [5.74, 6) is 0.972. The molecule has 7 nitrogen and oxygen atoms in total. The predicted octanol–water partition coefficient (Wildman–Crippen LogP) is 2.88. The van der Waals surface area contributed by atoms with E-state index >= 15 is 0 Å². The van der Waals surface area contributed by atoms with Crippen LogP contribution < -0.4 is 10.2 Å². The van der Waals surface area contributed by atoms with Crippen LogP contribution in [0.15, 0.2) is 36.7 Å². The molecule has 2 aliphatic rings.